The Morgan fingerprint density at radius 2 is 2.05 bits per heavy atom. The highest BCUT2D eigenvalue weighted by Crippen LogP contribution is 2.21. The summed E-state index contributed by atoms with van der Waals surface area (Å²) in [6.07, 6.45) is 1.39. The van der Waals surface area contributed by atoms with Crippen LogP contribution in [0, 0.1) is 5.82 Å². The van der Waals surface area contributed by atoms with Crippen molar-refractivity contribution < 1.29 is 22.9 Å². The number of esters is 1. The van der Waals surface area contributed by atoms with Crippen LogP contribution in [-0.2, 0) is 11.3 Å². The fourth-order valence-electron chi connectivity index (χ4n) is 1.74. The van der Waals surface area contributed by atoms with E-state index in [1.807, 2.05) is 0 Å². The number of aromatic nitrogens is 1. The van der Waals surface area contributed by atoms with Crippen LogP contribution in [0.5, 0.6) is 0 Å². The Labute approximate surface area is 118 Å². The minimum absolute atomic E-state index is 0.0375. The summed E-state index contributed by atoms with van der Waals surface area (Å²) >= 11 is 0. The molecule has 0 unspecified atom stereocenters. The molecule has 0 radical (unpaired) electrons. The van der Waals surface area contributed by atoms with Gasteiger partial charge in [-0.15, -0.1) is 0 Å². The van der Waals surface area contributed by atoms with Gasteiger partial charge in [-0.05, 0) is 36.4 Å². The summed E-state index contributed by atoms with van der Waals surface area (Å²) in [5, 5.41) is 3.79. The van der Waals surface area contributed by atoms with Gasteiger partial charge in [0, 0.05) is 11.6 Å². The molecule has 0 fully saturated rings. The first-order chi connectivity index (χ1) is 10.2. The van der Waals surface area contributed by atoms with E-state index in [1.165, 1.54) is 24.5 Å². The van der Waals surface area contributed by atoms with Crippen molar-refractivity contribution >= 4 is 5.97 Å². The molecule has 0 amide bonds. The number of furan rings is 1. The molecule has 0 atom stereocenters. The molecule has 1 aromatic carbocycles. The number of halogens is 1. The van der Waals surface area contributed by atoms with Gasteiger partial charge in [0.2, 0.25) is 5.76 Å². The maximum atomic E-state index is 12.8. The maximum absolute atomic E-state index is 12.8. The Hall–Kier alpha value is -2.89. The predicted octanol–water partition coefficient (Wildman–Crippen LogP) is 3.43. The van der Waals surface area contributed by atoms with Gasteiger partial charge in [0.05, 0.1) is 6.26 Å². The standard InChI is InChI=1S/C15H10FNO4/c16-11-5-3-10(4-6-11)14-8-12(17-21-14)9-20-15(18)13-2-1-7-19-13/h1-8H,9H2. The summed E-state index contributed by atoms with van der Waals surface area (Å²) in [7, 11) is 0. The van der Waals surface area contributed by atoms with Crippen molar-refractivity contribution in [2.75, 3.05) is 0 Å². The molecule has 0 saturated carbocycles. The van der Waals surface area contributed by atoms with Crippen molar-refractivity contribution in [1.82, 2.24) is 5.16 Å². The average Bonchev–Trinajstić information content (AvgIpc) is 3.17. The number of hydrogen-bond acceptors (Lipinski definition) is 5. The van der Waals surface area contributed by atoms with Crippen LogP contribution in [0.25, 0.3) is 11.3 Å². The van der Waals surface area contributed by atoms with Crippen LogP contribution in [-0.4, -0.2) is 11.1 Å². The topological polar surface area (TPSA) is 65.5 Å². The van der Waals surface area contributed by atoms with Crippen LogP contribution in [0.4, 0.5) is 4.39 Å². The van der Waals surface area contributed by atoms with E-state index in [1.54, 1.807) is 24.3 Å². The molecule has 2 heterocycles. The molecule has 2 aromatic heterocycles. The summed E-state index contributed by atoms with van der Waals surface area (Å²) < 4.78 is 27.9. The Kier molecular flexibility index (Phi) is 3.51. The van der Waals surface area contributed by atoms with Crippen molar-refractivity contribution in [1.29, 1.82) is 0 Å². The predicted molar refractivity (Wildman–Crippen MR) is 69.7 cm³/mol. The molecular weight excluding hydrogens is 277 g/mol. The van der Waals surface area contributed by atoms with E-state index in [4.69, 9.17) is 13.7 Å². The third-order valence-electron chi connectivity index (χ3n) is 2.76. The lowest BCUT2D eigenvalue weighted by Crippen LogP contribution is -2.03. The molecular formula is C15H10FNO4. The minimum Gasteiger partial charge on any atom is -0.457 e. The molecule has 0 aliphatic heterocycles. The van der Waals surface area contributed by atoms with E-state index in [0.29, 0.717) is 17.0 Å². The van der Waals surface area contributed by atoms with Crippen LogP contribution in [0.1, 0.15) is 16.2 Å². The number of carbonyl (C=O) groups excluding carboxylic acids is 1. The Morgan fingerprint density at radius 1 is 1.24 bits per heavy atom. The highest BCUT2D eigenvalue weighted by Gasteiger charge is 2.12. The zero-order valence-electron chi connectivity index (χ0n) is 10.8. The first-order valence-electron chi connectivity index (χ1n) is 6.14. The van der Waals surface area contributed by atoms with E-state index < -0.39 is 5.97 Å². The molecule has 5 nitrogen and oxygen atoms in total. The highest BCUT2D eigenvalue weighted by atomic mass is 19.1. The lowest BCUT2D eigenvalue weighted by Gasteiger charge is -1.98. The number of carbonyl (C=O) groups is 1. The molecule has 3 aromatic rings. The minimum atomic E-state index is -0.577. The summed E-state index contributed by atoms with van der Waals surface area (Å²) in [6, 6.07) is 10.5. The maximum Gasteiger partial charge on any atom is 0.374 e. The Bertz CT molecular complexity index is 731. The van der Waals surface area contributed by atoms with Gasteiger partial charge in [0.25, 0.3) is 0 Å². The van der Waals surface area contributed by atoms with Gasteiger partial charge < -0.3 is 13.7 Å². The number of ether oxygens (including phenoxy) is 1. The largest absolute Gasteiger partial charge is 0.457 e. The number of benzene rings is 1. The van der Waals surface area contributed by atoms with E-state index >= 15 is 0 Å². The van der Waals surface area contributed by atoms with Crippen LogP contribution < -0.4 is 0 Å². The van der Waals surface area contributed by atoms with E-state index in [0.717, 1.165) is 0 Å². The van der Waals surface area contributed by atoms with Gasteiger partial charge in [0.1, 0.15) is 18.1 Å². The van der Waals surface area contributed by atoms with Crippen molar-refractivity contribution in [3.05, 3.63) is 66.0 Å². The van der Waals surface area contributed by atoms with Crippen LogP contribution in [0.2, 0.25) is 0 Å². The lowest BCUT2D eigenvalue weighted by atomic mass is 10.1. The molecule has 0 aliphatic rings. The van der Waals surface area contributed by atoms with E-state index in [9.17, 15) is 9.18 Å². The number of hydrogen-bond donors (Lipinski definition) is 0. The van der Waals surface area contributed by atoms with Crippen molar-refractivity contribution in [2.45, 2.75) is 6.61 Å². The number of rotatable bonds is 4. The number of nitrogens with zero attached hydrogens (tertiary/aromatic N) is 1. The second kappa shape index (κ2) is 5.62. The van der Waals surface area contributed by atoms with Crippen LogP contribution in [0.3, 0.4) is 0 Å². The van der Waals surface area contributed by atoms with Gasteiger partial charge in [-0.1, -0.05) is 5.16 Å². The highest BCUT2D eigenvalue weighted by molar-refractivity contribution is 5.86. The van der Waals surface area contributed by atoms with Gasteiger partial charge in [0.15, 0.2) is 5.76 Å². The van der Waals surface area contributed by atoms with E-state index in [-0.39, 0.29) is 18.2 Å². The molecule has 0 spiro atoms. The zero-order chi connectivity index (χ0) is 14.7. The molecule has 0 N–H and O–H groups in total. The van der Waals surface area contributed by atoms with Gasteiger partial charge in [-0.25, -0.2) is 9.18 Å². The molecule has 0 bridgehead atoms. The van der Waals surface area contributed by atoms with Crippen LogP contribution in [0.15, 0.2) is 57.7 Å². The van der Waals surface area contributed by atoms with Gasteiger partial charge in [-0.3, -0.25) is 0 Å². The molecule has 0 saturated heterocycles. The molecule has 6 heteroatoms. The fourth-order valence-corrected chi connectivity index (χ4v) is 1.74. The first kappa shape index (κ1) is 13.1. The SMILES string of the molecule is O=C(OCc1cc(-c2ccc(F)cc2)on1)c1ccco1. The quantitative estimate of drug-likeness (QED) is 0.688. The summed E-state index contributed by atoms with van der Waals surface area (Å²) in [5.41, 5.74) is 1.14. The van der Waals surface area contributed by atoms with Gasteiger partial charge >= 0.3 is 5.97 Å². The lowest BCUT2D eigenvalue weighted by molar-refractivity contribution is 0.0428. The van der Waals surface area contributed by atoms with E-state index in [2.05, 4.69) is 5.16 Å². The Morgan fingerprint density at radius 3 is 2.76 bits per heavy atom. The smallest absolute Gasteiger partial charge is 0.374 e. The molecule has 3 rings (SSSR count). The van der Waals surface area contributed by atoms with Gasteiger partial charge in [-0.2, -0.15) is 0 Å². The third-order valence-corrected chi connectivity index (χ3v) is 2.76. The van der Waals surface area contributed by atoms with Crippen molar-refractivity contribution in [3.63, 3.8) is 0 Å². The third kappa shape index (κ3) is 3.00. The monoisotopic (exact) mass is 287 g/mol. The second-order valence-corrected chi connectivity index (χ2v) is 4.24. The fraction of sp³-hybridized carbons (Fsp3) is 0.0667. The second-order valence-electron chi connectivity index (χ2n) is 4.24. The molecule has 0 aliphatic carbocycles. The normalized spacial score (nSPS) is 10.5. The Balaban J connectivity index is 1.65. The summed E-state index contributed by atoms with van der Waals surface area (Å²) in [5.74, 6) is -0.312. The zero-order valence-corrected chi connectivity index (χ0v) is 10.8. The summed E-state index contributed by atoms with van der Waals surface area (Å²) in [6.45, 7) is -0.0375. The van der Waals surface area contributed by atoms with Crippen molar-refractivity contribution in [2.24, 2.45) is 0 Å². The molecule has 21 heavy (non-hydrogen) atoms. The van der Waals surface area contributed by atoms with Crippen molar-refractivity contribution in [3.8, 4) is 11.3 Å². The summed E-state index contributed by atoms with van der Waals surface area (Å²) in [4.78, 5) is 11.6. The first-order valence-corrected chi connectivity index (χ1v) is 6.14. The average molecular weight is 287 g/mol. The van der Waals surface area contributed by atoms with Crippen LogP contribution >= 0.6 is 0 Å². The molecule has 106 valence electrons.